The van der Waals surface area contributed by atoms with Crippen LogP contribution >= 0.6 is 11.7 Å². The van der Waals surface area contributed by atoms with E-state index < -0.39 is 6.04 Å². The fourth-order valence-corrected chi connectivity index (χ4v) is 2.00. The maximum atomic E-state index is 12.8. The minimum absolute atomic E-state index is 0.208. The van der Waals surface area contributed by atoms with Gasteiger partial charge in [-0.1, -0.05) is 12.1 Å². The monoisotopic (exact) mass is 281 g/mol. The molecule has 19 heavy (non-hydrogen) atoms. The molecule has 0 aliphatic carbocycles. The molecule has 2 aromatic rings. The molecule has 0 aliphatic heterocycles. The fraction of sp³-hybridized carbons (Fsp3) is 0.250. The molecule has 1 aromatic carbocycles. The van der Waals surface area contributed by atoms with Crippen molar-refractivity contribution in [2.45, 2.75) is 12.5 Å². The first-order chi connectivity index (χ1) is 9.19. The van der Waals surface area contributed by atoms with Crippen LogP contribution in [0.1, 0.15) is 16.1 Å². The molecular formula is C12H12FN3O2S. The quantitative estimate of drug-likeness (QED) is 0.857. The Morgan fingerprint density at radius 1 is 1.42 bits per heavy atom. The van der Waals surface area contributed by atoms with Crippen LogP contribution in [0.5, 0.6) is 0 Å². The molecule has 1 aromatic heterocycles. The molecule has 0 saturated carbocycles. The summed E-state index contributed by atoms with van der Waals surface area (Å²) in [6, 6.07) is 5.48. The summed E-state index contributed by atoms with van der Waals surface area (Å²) < 4.78 is 20.3. The van der Waals surface area contributed by atoms with Crippen molar-refractivity contribution in [2.75, 3.05) is 6.61 Å². The fourth-order valence-electron chi connectivity index (χ4n) is 1.59. The smallest absolute Gasteiger partial charge is 0.272 e. The lowest BCUT2D eigenvalue weighted by Gasteiger charge is -2.15. The summed E-state index contributed by atoms with van der Waals surface area (Å²) in [5.74, 6) is -0.697. The van der Waals surface area contributed by atoms with E-state index in [0.29, 0.717) is 6.42 Å². The van der Waals surface area contributed by atoms with Gasteiger partial charge in [0, 0.05) is 0 Å². The highest BCUT2D eigenvalue weighted by Gasteiger charge is 2.15. The number of halogens is 1. The molecule has 1 amide bonds. The molecule has 0 radical (unpaired) electrons. The van der Waals surface area contributed by atoms with Gasteiger partial charge in [0.1, 0.15) is 5.82 Å². The lowest BCUT2D eigenvalue weighted by molar-refractivity contribution is 0.0912. The summed E-state index contributed by atoms with van der Waals surface area (Å²) in [5.41, 5.74) is 1.06. The van der Waals surface area contributed by atoms with Gasteiger partial charge in [-0.3, -0.25) is 4.79 Å². The number of nitrogens with zero attached hydrogens (tertiary/aromatic N) is 2. The van der Waals surface area contributed by atoms with Crippen LogP contribution in [0.3, 0.4) is 0 Å². The van der Waals surface area contributed by atoms with Gasteiger partial charge in [0.25, 0.3) is 5.91 Å². The molecule has 0 saturated heterocycles. The minimum Gasteiger partial charge on any atom is -0.394 e. The van der Waals surface area contributed by atoms with Gasteiger partial charge in [-0.2, -0.15) is 8.75 Å². The van der Waals surface area contributed by atoms with Crippen molar-refractivity contribution in [3.05, 3.63) is 47.5 Å². The third-order valence-corrected chi connectivity index (χ3v) is 3.02. The molecule has 1 heterocycles. The van der Waals surface area contributed by atoms with Crippen molar-refractivity contribution in [2.24, 2.45) is 0 Å². The standard InChI is InChI=1S/C12H12FN3O2S/c13-9-3-1-8(2-4-9)5-10(7-17)15-12(18)11-6-14-19-16-11/h1-4,6,10,17H,5,7H2,(H,15,18). The Kier molecular flexibility index (Phi) is 4.53. The second-order valence-electron chi connectivity index (χ2n) is 3.98. The second-order valence-corrected chi connectivity index (χ2v) is 4.53. The average molecular weight is 281 g/mol. The van der Waals surface area contributed by atoms with Crippen molar-refractivity contribution < 1.29 is 14.3 Å². The Morgan fingerprint density at radius 3 is 2.74 bits per heavy atom. The maximum Gasteiger partial charge on any atom is 0.272 e. The number of benzene rings is 1. The maximum absolute atomic E-state index is 12.8. The number of rotatable bonds is 5. The van der Waals surface area contributed by atoms with E-state index in [1.54, 1.807) is 12.1 Å². The SMILES string of the molecule is O=C(NC(CO)Cc1ccc(F)cc1)c1cnsn1. The Labute approximate surface area is 113 Å². The molecule has 1 unspecified atom stereocenters. The number of amides is 1. The molecule has 0 spiro atoms. The van der Waals surface area contributed by atoms with Crippen LogP contribution in [-0.4, -0.2) is 32.4 Å². The predicted molar refractivity (Wildman–Crippen MR) is 68.4 cm³/mol. The van der Waals surface area contributed by atoms with Crippen molar-refractivity contribution in [1.82, 2.24) is 14.1 Å². The first kappa shape index (κ1) is 13.6. The van der Waals surface area contributed by atoms with E-state index >= 15 is 0 Å². The Bertz CT molecular complexity index is 530. The molecule has 0 bridgehead atoms. The molecule has 100 valence electrons. The van der Waals surface area contributed by atoms with Crippen LogP contribution in [0.25, 0.3) is 0 Å². The Balaban J connectivity index is 1.97. The average Bonchev–Trinajstić information content (AvgIpc) is 2.94. The summed E-state index contributed by atoms with van der Waals surface area (Å²) in [6.07, 6.45) is 1.78. The van der Waals surface area contributed by atoms with Gasteiger partial charge in [0.2, 0.25) is 0 Å². The summed E-state index contributed by atoms with van der Waals surface area (Å²) in [5, 5.41) is 11.9. The molecule has 2 N–H and O–H groups in total. The normalized spacial score (nSPS) is 12.1. The van der Waals surface area contributed by atoms with E-state index in [1.807, 2.05) is 0 Å². The van der Waals surface area contributed by atoms with Crippen LogP contribution in [-0.2, 0) is 6.42 Å². The van der Waals surface area contributed by atoms with Crippen molar-refractivity contribution in [3.8, 4) is 0 Å². The lowest BCUT2D eigenvalue weighted by atomic mass is 10.1. The van der Waals surface area contributed by atoms with E-state index in [9.17, 15) is 14.3 Å². The number of carbonyl (C=O) groups is 1. The zero-order valence-electron chi connectivity index (χ0n) is 9.91. The van der Waals surface area contributed by atoms with Gasteiger partial charge in [0.05, 0.1) is 30.6 Å². The van der Waals surface area contributed by atoms with Crippen LogP contribution < -0.4 is 5.32 Å². The highest BCUT2D eigenvalue weighted by atomic mass is 32.1. The number of carbonyl (C=O) groups excluding carboxylic acids is 1. The second kappa shape index (κ2) is 6.35. The van der Waals surface area contributed by atoms with E-state index in [1.165, 1.54) is 18.3 Å². The lowest BCUT2D eigenvalue weighted by Crippen LogP contribution is -2.39. The number of aromatic nitrogens is 2. The van der Waals surface area contributed by atoms with Crippen LogP contribution in [0, 0.1) is 5.82 Å². The molecule has 0 fully saturated rings. The van der Waals surface area contributed by atoms with Gasteiger partial charge in [-0.15, -0.1) is 0 Å². The zero-order chi connectivity index (χ0) is 13.7. The molecule has 2 rings (SSSR count). The first-order valence-electron chi connectivity index (χ1n) is 5.63. The van der Waals surface area contributed by atoms with Gasteiger partial charge >= 0.3 is 0 Å². The van der Waals surface area contributed by atoms with Gasteiger partial charge in [0.15, 0.2) is 5.69 Å². The third kappa shape index (κ3) is 3.80. The summed E-state index contributed by atoms with van der Waals surface area (Å²) in [6.45, 7) is -0.208. The first-order valence-corrected chi connectivity index (χ1v) is 6.36. The zero-order valence-corrected chi connectivity index (χ0v) is 10.7. The predicted octanol–water partition coefficient (Wildman–Crippen LogP) is 1.01. The number of nitrogens with one attached hydrogen (secondary N) is 1. The topological polar surface area (TPSA) is 75.1 Å². The molecule has 1 atom stereocenters. The van der Waals surface area contributed by atoms with E-state index in [-0.39, 0.29) is 24.0 Å². The molecule has 5 nitrogen and oxygen atoms in total. The summed E-state index contributed by atoms with van der Waals surface area (Å²) >= 11 is 0.943. The Hall–Kier alpha value is -1.86. The highest BCUT2D eigenvalue weighted by Crippen LogP contribution is 2.06. The van der Waals surface area contributed by atoms with Crippen LogP contribution in [0.15, 0.2) is 30.5 Å². The van der Waals surface area contributed by atoms with Gasteiger partial charge < -0.3 is 10.4 Å². The van der Waals surface area contributed by atoms with E-state index in [4.69, 9.17) is 0 Å². The van der Waals surface area contributed by atoms with Crippen LogP contribution in [0.4, 0.5) is 4.39 Å². The van der Waals surface area contributed by atoms with Gasteiger partial charge in [-0.05, 0) is 24.1 Å². The summed E-state index contributed by atoms with van der Waals surface area (Å²) in [4.78, 5) is 11.7. The number of aliphatic hydroxyl groups excluding tert-OH is 1. The number of aliphatic hydroxyl groups is 1. The molecular weight excluding hydrogens is 269 g/mol. The van der Waals surface area contributed by atoms with Crippen molar-refractivity contribution in [3.63, 3.8) is 0 Å². The summed E-state index contributed by atoms with van der Waals surface area (Å²) in [7, 11) is 0. The Morgan fingerprint density at radius 2 is 2.16 bits per heavy atom. The third-order valence-electron chi connectivity index (χ3n) is 2.54. The highest BCUT2D eigenvalue weighted by molar-refractivity contribution is 6.99. The van der Waals surface area contributed by atoms with Gasteiger partial charge in [-0.25, -0.2) is 4.39 Å². The molecule has 0 aliphatic rings. The van der Waals surface area contributed by atoms with E-state index in [2.05, 4.69) is 14.1 Å². The minimum atomic E-state index is -0.445. The van der Waals surface area contributed by atoms with E-state index in [0.717, 1.165) is 17.3 Å². The van der Waals surface area contributed by atoms with Crippen LogP contribution in [0.2, 0.25) is 0 Å². The largest absolute Gasteiger partial charge is 0.394 e. The molecule has 7 heteroatoms. The van der Waals surface area contributed by atoms with Crippen molar-refractivity contribution in [1.29, 1.82) is 0 Å². The number of hydrogen-bond donors (Lipinski definition) is 2. The van der Waals surface area contributed by atoms with Crippen molar-refractivity contribution >= 4 is 17.6 Å². The number of hydrogen-bond acceptors (Lipinski definition) is 5.